The van der Waals surface area contributed by atoms with E-state index >= 15 is 0 Å². The highest BCUT2D eigenvalue weighted by molar-refractivity contribution is 5.85. The highest BCUT2D eigenvalue weighted by Crippen LogP contribution is 2.15. The molecule has 1 saturated heterocycles. The second kappa shape index (κ2) is 9.75. The topological polar surface area (TPSA) is 55.8 Å². The number of rotatable bonds is 9. The van der Waals surface area contributed by atoms with Gasteiger partial charge in [-0.15, -0.1) is 0 Å². The Hall–Kier alpha value is -1.10. The Morgan fingerprint density at radius 1 is 1.15 bits per heavy atom. The Kier molecular flexibility index (Phi) is 8.26. The van der Waals surface area contributed by atoms with Gasteiger partial charge < -0.3 is 14.4 Å². The zero-order valence-corrected chi connectivity index (χ0v) is 12.7. The molecule has 1 amide bonds. The molecule has 0 unspecified atom stereocenters. The SMILES string of the molecule is CCCCCCCCCC(=O)N1COC[C@H]1C(=O)OC. The lowest BCUT2D eigenvalue weighted by Crippen LogP contribution is -2.42. The standard InChI is InChI=1S/C15H27NO4/c1-3-4-5-6-7-8-9-10-14(17)16-12-20-11-13(16)15(18)19-2/h13H,3-12H2,1-2H3/t13-/m0/s1. The van der Waals surface area contributed by atoms with Gasteiger partial charge in [0.25, 0.3) is 0 Å². The molecule has 1 rings (SSSR count). The highest BCUT2D eigenvalue weighted by atomic mass is 16.5. The van der Waals surface area contributed by atoms with Crippen LogP contribution in [0.3, 0.4) is 0 Å². The van der Waals surface area contributed by atoms with Gasteiger partial charge in [-0.25, -0.2) is 4.79 Å². The van der Waals surface area contributed by atoms with Crippen molar-refractivity contribution in [3.05, 3.63) is 0 Å². The first-order valence-electron chi connectivity index (χ1n) is 7.65. The van der Waals surface area contributed by atoms with Gasteiger partial charge in [-0.3, -0.25) is 4.79 Å². The fourth-order valence-electron chi connectivity index (χ4n) is 2.40. The van der Waals surface area contributed by atoms with E-state index in [1.54, 1.807) is 0 Å². The molecule has 0 aromatic heterocycles. The van der Waals surface area contributed by atoms with Gasteiger partial charge in [0.15, 0.2) is 6.04 Å². The molecule has 20 heavy (non-hydrogen) atoms. The largest absolute Gasteiger partial charge is 0.467 e. The summed E-state index contributed by atoms with van der Waals surface area (Å²) in [6, 6.07) is -0.558. The maximum atomic E-state index is 12.0. The summed E-state index contributed by atoms with van der Waals surface area (Å²) in [7, 11) is 1.33. The van der Waals surface area contributed by atoms with Crippen LogP contribution in [-0.4, -0.2) is 43.3 Å². The van der Waals surface area contributed by atoms with Gasteiger partial charge in [0.2, 0.25) is 5.91 Å². The Morgan fingerprint density at radius 3 is 2.45 bits per heavy atom. The summed E-state index contributed by atoms with van der Waals surface area (Å²) in [5, 5.41) is 0. The van der Waals surface area contributed by atoms with Crippen LogP contribution >= 0.6 is 0 Å². The van der Waals surface area contributed by atoms with Crippen molar-refractivity contribution in [1.29, 1.82) is 0 Å². The number of ether oxygens (including phenoxy) is 2. The molecule has 1 heterocycles. The fourth-order valence-corrected chi connectivity index (χ4v) is 2.40. The van der Waals surface area contributed by atoms with Crippen LogP contribution in [0.4, 0.5) is 0 Å². The quantitative estimate of drug-likeness (QED) is 0.482. The minimum atomic E-state index is -0.558. The number of carbonyl (C=O) groups excluding carboxylic acids is 2. The molecule has 0 bridgehead atoms. The molecular formula is C15H27NO4. The van der Waals surface area contributed by atoms with Crippen molar-refractivity contribution in [1.82, 2.24) is 4.90 Å². The van der Waals surface area contributed by atoms with Gasteiger partial charge in [0.1, 0.15) is 6.73 Å². The van der Waals surface area contributed by atoms with Crippen molar-refractivity contribution < 1.29 is 19.1 Å². The van der Waals surface area contributed by atoms with E-state index < -0.39 is 12.0 Å². The Balaban J connectivity index is 2.17. The van der Waals surface area contributed by atoms with Gasteiger partial charge in [0, 0.05) is 6.42 Å². The summed E-state index contributed by atoms with van der Waals surface area (Å²) in [6.45, 7) is 2.65. The molecule has 116 valence electrons. The zero-order chi connectivity index (χ0) is 14.8. The van der Waals surface area contributed by atoms with E-state index in [1.807, 2.05) is 0 Å². The van der Waals surface area contributed by atoms with Crippen molar-refractivity contribution in [2.24, 2.45) is 0 Å². The maximum absolute atomic E-state index is 12.0. The molecule has 0 aromatic rings. The minimum Gasteiger partial charge on any atom is -0.467 e. The monoisotopic (exact) mass is 285 g/mol. The number of hydrogen-bond acceptors (Lipinski definition) is 4. The smallest absolute Gasteiger partial charge is 0.331 e. The van der Waals surface area contributed by atoms with Gasteiger partial charge in [-0.05, 0) is 6.42 Å². The summed E-state index contributed by atoms with van der Waals surface area (Å²) in [5.74, 6) is -0.401. The van der Waals surface area contributed by atoms with E-state index in [0.717, 1.165) is 12.8 Å². The predicted molar refractivity (Wildman–Crippen MR) is 76.1 cm³/mol. The second-order valence-corrected chi connectivity index (χ2v) is 5.27. The summed E-state index contributed by atoms with van der Waals surface area (Å²) >= 11 is 0. The average Bonchev–Trinajstić information content (AvgIpc) is 2.94. The van der Waals surface area contributed by atoms with Gasteiger partial charge in [-0.2, -0.15) is 0 Å². The molecule has 5 heteroatoms. The molecule has 1 fully saturated rings. The van der Waals surface area contributed by atoms with Crippen LogP contribution in [0.5, 0.6) is 0 Å². The number of amides is 1. The molecule has 1 aliphatic rings. The third-order valence-electron chi connectivity index (χ3n) is 3.67. The molecule has 0 radical (unpaired) electrons. The number of carbonyl (C=O) groups is 2. The third-order valence-corrected chi connectivity index (χ3v) is 3.67. The lowest BCUT2D eigenvalue weighted by Gasteiger charge is -2.20. The molecule has 0 saturated carbocycles. The van der Waals surface area contributed by atoms with E-state index in [0.29, 0.717) is 6.42 Å². The van der Waals surface area contributed by atoms with Crippen LogP contribution in [0.15, 0.2) is 0 Å². The Morgan fingerprint density at radius 2 is 1.80 bits per heavy atom. The highest BCUT2D eigenvalue weighted by Gasteiger charge is 2.35. The lowest BCUT2D eigenvalue weighted by molar-refractivity contribution is -0.150. The Labute approximate surface area is 121 Å². The number of unbranched alkanes of at least 4 members (excludes halogenated alkanes) is 6. The van der Waals surface area contributed by atoms with Crippen LogP contribution in [0, 0.1) is 0 Å². The van der Waals surface area contributed by atoms with Gasteiger partial charge >= 0.3 is 5.97 Å². The van der Waals surface area contributed by atoms with Crippen molar-refractivity contribution >= 4 is 11.9 Å². The first-order valence-corrected chi connectivity index (χ1v) is 7.65. The molecule has 0 N–H and O–H groups in total. The van der Waals surface area contributed by atoms with Crippen molar-refractivity contribution in [3.8, 4) is 0 Å². The van der Waals surface area contributed by atoms with Crippen molar-refractivity contribution in [2.45, 2.75) is 64.3 Å². The average molecular weight is 285 g/mol. The van der Waals surface area contributed by atoms with E-state index in [-0.39, 0.29) is 19.2 Å². The number of nitrogens with zero attached hydrogens (tertiary/aromatic N) is 1. The van der Waals surface area contributed by atoms with E-state index in [9.17, 15) is 9.59 Å². The summed E-state index contributed by atoms with van der Waals surface area (Å²) < 4.78 is 9.87. The molecular weight excluding hydrogens is 258 g/mol. The summed E-state index contributed by atoms with van der Waals surface area (Å²) in [6.07, 6.45) is 8.72. The van der Waals surface area contributed by atoms with Gasteiger partial charge in [-0.1, -0.05) is 45.4 Å². The zero-order valence-electron chi connectivity index (χ0n) is 12.7. The molecule has 5 nitrogen and oxygen atoms in total. The van der Waals surface area contributed by atoms with Crippen LogP contribution in [0.1, 0.15) is 58.3 Å². The molecule has 0 aromatic carbocycles. The number of methoxy groups -OCH3 is 1. The van der Waals surface area contributed by atoms with Crippen LogP contribution < -0.4 is 0 Å². The second-order valence-electron chi connectivity index (χ2n) is 5.27. The molecule has 0 aliphatic carbocycles. The normalized spacial score (nSPS) is 18.3. The van der Waals surface area contributed by atoms with Crippen molar-refractivity contribution in [3.63, 3.8) is 0 Å². The van der Waals surface area contributed by atoms with Gasteiger partial charge in [0.05, 0.1) is 13.7 Å². The van der Waals surface area contributed by atoms with Crippen molar-refractivity contribution in [2.75, 3.05) is 20.4 Å². The van der Waals surface area contributed by atoms with E-state index in [4.69, 9.17) is 4.74 Å². The first kappa shape index (κ1) is 17.0. The van der Waals surface area contributed by atoms with E-state index in [2.05, 4.69) is 11.7 Å². The first-order chi connectivity index (χ1) is 9.70. The molecule has 0 spiro atoms. The van der Waals surface area contributed by atoms with Crippen LogP contribution in [0.25, 0.3) is 0 Å². The molecule has 1 aliphatic heterocycles. The minimum absolute atomic E-state index is 0.00791. The lowest BCUT2D eigenvalue weighted by atomic mass is 10.1. The maximum Gasteiger partial charge on any atom is 0.331 e. The fraction of sp³-hybridized carbons (Fsp3) is 0.867. The van der Waals surface area contributed by atoms with E-state index in [1.165, 1.54) is 44.1 Å². The third kappa shape index (κ3) is 5.49. The predicted octanol–water partition coefficient (Wildman–Crippen LogP) is 2.49. The summed E-state index contributed by atoms with van der Waals surface area (Å²) in [5.41, 5.74) is 0. The van der Waals surface area contributed by atoms with Crippen LogP contribution in [0.2, 0.25) is 0 Å². The molecule has 1 atom stereocenters. The van der Waals surface area contributed by atoms with Crippen LogP contribution in [-0.2, 0) is 19.1 Å². The number of hydrogen-bond donors (Lipinski definition) is 0. The summed E-state index contributed by atoms with van der Waals surface area (Å²) in [4.78, 5) is 25.0. The Bertz CT molecular complexity index is 306. The number of esters is 1.